The van der Waals surface area contributed by atoms with Crippen LogP contribution in [0.25, 0.3) is 0 Å². The fraction of sp³-hybridized carbons (Fsp3) is 0.467. The monoisotopic (exact) mass is 628 g/mol. The van der Waals surface area contributed by atoms with Crippen LogP contribution in [-0.4, -0.2) is 0 Å². The predicted octanol–water partition coefficient (Wildman–Crippen LogP) is 12.6. The first kappa shape index (κ1) is 34.8. The molecule has 2 nitrogen and oxygen atoms in total. The van der Waals surface area contributed by atoms with E-state index in [4.69, 9.17) is 11.5 Å². The Hall–Kier alpha value is -3.52. The van der Waals surface area contributed by atoms with Crippen LogP contribution < -0.4 is 11.5 Å². The minimum absolute atomic E-state index is 0.0690. The molecule has 1 aliphatic rings. The van der Waals surface area contributed by atoms with Crippen molar-refractivity contribution < 1.29 is 0 Å². The summed E-state index contributed by atoms with van der Waals surface area (Å²) in [6.07, 6.45) is 18.5. The van der Waals surface area contributed by atoms with Crippen LogP contribution in [0.4, 0.5) is 11.4 Å². The summed E-state index contributed by atoms with van der Waals surface area (Å²) in [4.78, 5) is 0. The smallest absolute Gasteiger partial charge is 0.0314 e. The van der Waals surface area contributed by atoms with E-state index >= 15 is 0 Å². The molecule has 0 aliphatic heterocycles. The molecule has 250 valence electrons. The normalized spacial score (nSPS) is 19.3. The Morgan fingerprint density at radius 2 is 0.872 bits per heavy atom. The van der Waals surface area contributed by atoms with Gasteiger partial charge in [0.1, 0.15) is 0 Å². The Balaban J connectivity index is 1.37. The lowest BCUT2D eigenvalue weighted by molar-refractivity contribution is 0.250. The number of hydrogen-bond acceptors (Lipinski definition) is 2. The van der Waals surface area contributed by atoms with Crippen molar-refractivity contribution in [1.29, 1.82) is 0 Å². The lowest BCUT2D eigenvalue weighted by Crippen LogP contribution is -2.33. The molecule has 4 aromatic rings. The molecule has 4 aromatic carbocycles. The maximum absolute atomic E-state index is 6.01. The molecule has 0 saturated heterocycles. The third-order valence-corrected chi connectivity index (χ3v) is 11.4. The average Bonchev–Trinajstić information content (AvgIpc) is 3.11. The van der Waals surface area contributed by atoms with Gasteiger partial charge in [-0.2, -0.15) is 0 Å². The van der Waals surface area contributed by atoms with E-state index < -0.39 is 0 Å². The molecule has 0 amide bonds. The van der Waals surface area contributed by atoms with Crippen molar-refractivity contribution in [3.05, 3.63) is 130 Å². The number of nitrogen functional groups attached to an aromatic ring is 2. The van der Waals surface area contributed by atoms with Gasteiger partial charge in [0.05, 0.1) is 0 Å². The van der Waals surface area contributed by atoms with E-state index in [1.54, 1.807) is 0 Å². The van der Waals surface area contributed by atoms with E-state index in [0.29, 0.717) is 11.8 Å². The molecule has 1 saturated carbocycles. The number of hydrogen-bond donors (Lipinski definition) is 2. The van der Waals surface area contributed by atoms with Crippen LogP contribution in [0.2, 0.25) is 0 Å². The standard InChI is InChI=1S/C45H60N2/c1-4-7-8-9-10-11-12-13-34-30-32-45(33-31-34,39-22-14-35(15-23-39)43(5-2)37-18-26-41(46)27-19-37)40-24-16-36(17-25-40)44(6-3)38-20-28-42(47)29-21-38/h14-29,34,43-44H,4-13,30-33,46-47H2,1-3H3. The van der Waals surface area contributed by atoms with Crippen molar-refractivity contribution in [2.75, 3.05) is 11.5 Å². The Labute approximate surface area is 286 Å². The molecule has 1 fully saturated rings. The SMILES string of the molecule is CCCCCCCCCC1CCC(c2ccc(C(CC)c3ccc(N)cc3)cc2)(c2ccc(C(CC)c3ccc(N)cc3)cc2)CC1. The number of nitrogens with two attached hydrogens (primary N) is 2. The maximum Gasteiger partial charge on any atom is 0.0314 e. The molecule has 0 aromatic heterocycles. The van der Waals surface area contributed by atoms with E-state index in [1.807, 2.05) is 24.3 Å². The summed E-state index contributed by atoms with van der Waals surface area (Å²) in [5.74, 6) is 1.64. The van der Waals surface area contributed by atoms with Crippen LogP contribution in [-0.2, 0) is 5.41 Å². The highest BCUT2D eigenvalue weighted by Crippen LogP contribution is 2.48. The van der Waals surface area contributed by atoms with Gasteiger partial charge in [-0.15, -0.1) is 0 Å². The Morgan fingerprint density at radius 1 is 0.511 bits per heavy atom. The molecular weight excluding hydrogens is 569 g/mol. The average molecular weight is 629 g/mol. The molecule has 2 atom stereocenters. The molecule has 1 aliphatic carbocycles. The van der Waals surface area contributed by atoms with Gasteiger partial charge in [-0.1, -0.05) is 145 Å². The largest absolute Gasteiger partial charge is 0.399 e. The number of anilines is 2. The number of benzene rings is 4. The van der Waals surface area contributed by atoms with Crippen molar-refractivity contribution in [2.45, 2.75) is 128 Å². The first-order valence-electron chi connectivity index (χ1n) is 18.9. The molecule has 0 heterocycles. The highest BCUT2D eigenvalue weighted by molar-refractivity contribution is 5.47. The second kappa shape index (κ2) is 17.0. The van der Waals surface area contributed by atoms with Crippen molar-refractivity contribution in [2.24, 2.45) is 5.92 Å². The Kier molecular flexibility index (Phi) is 12.6. The molecular formula is C45H60N2. The predicted molar refractivity (Wildman–Crippen MR) is 204 cm³/mol. The van der Waals surface area contributed by atoms with Gasteiger partial charge in [0.25, 0.3) is 0 Å². The molecule has 0 spiro atoms. The quantitative estimate of drug-likeness (QED) is 0.0958. The topological polar surface area (TPSA) is 52.0 Å². The highest BCUT2D eigenvalue weighted by Gasteiger charge is 2.38. The van der Waals surface area contributed by atoms with Crippen LogP contribution in [0.5, 0.6) is 0 Å². The summed E-state index contributed by atoms with van der Waals surface area (Å²) < 4.78 is 0. The second-order valence-electron chi connectivity index (χ2n) is 14.4. The Bertz CT molecular complexity index is 1360. The highest BCUT2D eigenvalue weighted by atomic mass is 14.5. The van der Waals surface area contributed by atoms with Gasteiger partial charge in [-0.25, -0.2) is 0 Å². The van der Waals surface area contributed by atoms with E-state index in [0.717, 1.165) is 30.1 Å². The van der Waals surface area contributed by atoms with E-state index in [1.165, 1.54) is 110 Å². The number of rotatable bonds is 16. The number of unbranched alkanes of at least 4 members (excludes halogenated alkanes) is 6. The van der Waals surface area contributed by atoms with E-state index in [-0.39, 0.29) is 5.41 Å². The van der Waals surface area contributed by atoms with Crippen LogP contribution in [0.3, 0.4) is 0 Å². The van der Waals surface area contributed by atoms with Gasteiger partial charge in [0, 0.05) is 28.6 Å². The van der Waals surface area contributed by atoms with Crippen LogP contribution in [0.1, 0.15) is 156 Å². The first-order valence-corrected chi connectivity index (χ1v) is 18.9. The molecule has 2 heteroatoms. The molecule has 47 heavy (non-hydrogen) atoms. The van der Waals surface area contributed by atoms with E-state index in [2.05, 4.69) is 93.6 Å². The molecule has 0 bridgehead atoms. The second-order valence-corrected chi connectivity index (χ2v) is 14.4. The summed E-state index contributed by atoms with van der Waals surface area (Å²) in [6, 6.07) is 36.4. The van der Waals surface area contributed by atoms with Crippen molar-refractivity contribution in [1.82, 2.24) is 0 Å². The summed E-state index contributed by atoms with van der Waals surface area (Å²) >= 11 is 0. The molecule has 4 N–H and O–H groups in total. The fourth-order valence-electron chi connectivity index (χ4n) is 8.45. The lowest BCUT2D eigenvalue weighted by Gasteiger charge is -2.42. The molecule has 2 unspecified atom stereocenters. The minimum Gasteiger partial charge on any atom is -0.399 e. The zero-order valence-electron chi connectivity index (χ0n) is 29.5. The third kappa shape index (κ3) is 8.69. The van der Waals surface area contributed by atoms with Crippen LogP contribution in [0, 0.1) is 5.92 Å². The zero-order valence-corrected chi connectivity index (χ0v) is 29.5. The van der Waals surface area contributed by atoms with Gasteiger partial charge in [0.15, 0.2) is 0 Å². The Morgan fingerprint density at radius 3 is 1.26 bits per heavy atom. The van der Waals surface area contributed by atoms with Gasteiger partial charge in [-0.3, -0.25) is 0 Å². The van der Waals surface area contributed by atoms with Crippen LogP contribution in [0.15, 0.2) is 97.1 Å². The van der Waals surface area contributed by atoms with Crippen molar-refractivity contribution in [3.63, 3.8) is 0 Å². The summed E-state index contributed by atoms with van der Waals surface area (Å²) in [5.41, 5.74) is 22.2. The summed E-state index contributed by atoms with van der Waals surface area (Å²) in [6.45, 7) is 6.88. The minimum atomic E-state index is 0.0690. The maximum atomic E-state index is 6.01. The fourth-order valence-corrected chi connectivity index (χ4v) is 8.45. The van der Waals surface area contributed by atoms with Crippen molar-refractivity contribution in [3.8, 4) is 0 Å². The molecule has 0 radical (unpaired) electrons. The van der Waals surface area contributed by atoms with Gasteiger partial charge >= 0.3 is 0 Å². The lowest BCUT2D eigenvalue weighted by atomic mass is 9.62. The van der Waals surface area contributed by atoms with E-state index in [9.17, 15) is 0 Å². The van der Waals surface area contributed by atoms with Gasteiger partial charge in [-0.05, 0) is 102 Å². The summed E-state index contributed by atoms with van der Waals surface area (Å²) in [7, 11) is 0. The summed E-state index contributed by atoms with van der Waals surface area (Å²) in [5, 5.41) is 0. The van der Waals surface area contributed by atoms with Crippen LogP contribution >= 0.6 is 0 Å². The third-order valence-electron chi connectivity index (χ3n) is 11.4. The van der Waals surface area contributed by atoms with Gasteiger partial charge < -0.3 is 11.5 Å². The zero-order chi connectivity index (χ0) is 33.1. The van der Waals surface area contributed by atoms with Crippen molar-refractivity contribution >= 4 is 11.4 Å². The van der Waals surface area contributed by atoms with Gasteiger partial charge in [0.2, 0.25) is 0 Å². The first-order chi connectivity index (χ1) is 23.0. The molecule has 5 rings (SSSR count).